The molecule has 1 aromatic heterocycles. The van der Waals surface area contributed by atoms with Gasteiger partial charge in [-0.2, -0.15) is 0 Å². The molecule has 0 aromatic carbocycles. The third kappa shape index (κ3) is 3.04. The Labute approximate surface area is 115 Å². The van der Waals surface area contributed by atoms with E-state index in [0.29, 0.717) is 5.41 Å². The van der Waals surface area contributed by atoms with Crippen molar-refractivity contribution in [2.45, 2.75) is 13.3 Å². The van der Waals surface area contributed by atoms with Gasteiger partial charge in [0.05, 0.1) is 0 Å². The summed E-state index contributed by atoms with van der Waals surface area (Å²) >= 11 is 0. The van der Waals surface area contributed by atoms with Crippen LogP contribution in [0, 0.1) is 5.41 Å². The van der Waals surface area contributed by atoms with E-state index in [1.54, 1.807) is 0 Å². The van der Waals surface area contributed by atoms with E-state index in [-0.39, 0.29) is 0 Å². The highest BCUT2D eigenvalue weighted by atomic mass is 15.3. The van der Waals surface area contributed by atoms with Crippen LogP contribution in [0.25, 0.3) is 0 Å². The first kappa shape index (κ1) is 12.8. The monoisotopic (exact) mass is 261 g/mol. The summed E-state index contributed by atoms with van der Waals surface area (Å²) in [6.07, 6.45) is 4.94. The van der Waals surface area contributed by atoms with Gasteiger partial charge in [-0.15, -0.1) is 0 Å². The fraction of sp³-hybridized carbons (Fsp3) is 0.714. The third-order valence-corrected chi connectivity index (χ3v) is 4.27. The number of anilines is 1. The van der Waals surface area contributed by atoms with Gasteiger partial charge in [-0.1, -0.05) is 6.92 Å². The fourth-order valence-electron chi connectivity index (χ4n) is 3.10. The fourth-order valence-corrected chi connectivity index (χ4v) is 3.10. The van der Waals surface area contributed by atoms with Crippen molar-refractivity contribution < 1.29 is 0 Å². The SMILES string of the molecule is CC1(CN2CCN(c3ncccn3)CC2)CCNC1. The van der Waals surface area contributed by atoms with E-state index in [4.69, 9.17) is 0 Å². The number of hydrogen-bond donors (Lipinski definition) is 1. The Morgan fingerprint density at radius 1 is 1.21 bits per heavy atom. The summed E-state index contributed by atoms with van der Waals surface area (Å²) in [4.78, 5) is 13.5. The van der Waals surface area contributed by atoms with Crippen LogP contribution in [0.1, 0.15) is 13.3 Å². The standard InChI is InChI=1S/C14H23N5/c1-14(3-6-15-11-14)12-18-7-9-19(10-8-18)13-16-4-2-5-17-13/h2,4-5,15H,3,6-12H2,1H3. The zero-order chi connectivity index (χ0) is 13.1. The Morgan fingerprint density at radius 2 is 1.95 bits per heavy atom. The summed E-state index contributed by atoms with van der Waals surface area (Å²) < 4.78 is 0. The maximum absolute atomic E-state index is 4.33. The first-order valence-electron chi connectivity index (χ1n) is 7.20. The molecular weight excluding hydrogens is 238 g/mol. The van der Waals surface area contributed by atoms with Crippen molar-refractivity contribution >= 4 is 5.95 Å². The lowest BCUT2D eigenvalue weighted by atomic mass is 9.89. The highest BCUT2D eigenvalue weighted by Gasteiger charge is 2.31. The molecule has 1 unspecified atom stereocenters. The Morgan fingerprint density at radius 3 is 2.58 bits per heavy atom. The Hall–Kier alpha value is -1.20. The normalized spacial score (nSPS) is 28.8. The Bertz CT molecular complexity index is 394. The second-order valence-corrected chi connectivity index (χ2v) is 6.05. The number of nitrogens with zero attached hydrogens (tertiary/aromatic N) is 4. The Balaban J connectivity index is 1.52. The van der Waals surface area contributed by atoms with E-state index >= 15 is 0 Å². The van der Waals surface area contributed by atoms with Crippen LogP contribution in [-0.2, 0) is 0 Å². The molecule has 2 aliphatic rings. The molecule has 1 aromatic rings. The molecular formula is C14H23N5. The number of rotatable bonds is 3. The molecule has 19 heavy (non-hydrogen) atoms. The molecule has 0 radical (unpaired) electrons. The molecule has 0 amide bonds. The summed E-state index contributed by atoms with van der Waals surface area (Å²) in [7, 11) is 0. The lowest BCUT2D eigenvalue weighted by molar-refractivity contribution is 0.169. The minimum Gasteiger partial charge on any atom is -0.338 e. The van der Waals surface area contributed by atoms with Crippen molar-refractivity contribution in [1.29, 1.82) is 0 Å². The second kappa shape index (κ2) is 5.43. The second-order valence-electron chi connectivity index (χ2n) is 6.05. The number of aromatic nitrogens is 2. The molecule has 0 aliphatic carbocycles. The number of nitrogens with one attached hydrogen (secondary N) is 1. The lowest BCUT2D eigenvalue weighted by Gasteiger charge is -2.38. The highest BCUT2D eigenvalue weighted by molar-refractivity contribution is 5.29. The zero-order valence-electron chi connectivity index (χ0n) is 11.7. The zero-order valence-corrected chi connectivity index (χ0v) is 11.7. The van der Waals surface area contributed by atoms with E-state index < -0.39 is 0 Å². The molecule has 0 bridgehead atoms. The summed E-state index contributed by atoms with van der Waals surface area (Å²) in [6.45, 7) is 10.3. The van der Waals surface area contributed by atoms with Crippen molar-refractivity contribution in [3.63, 3.8) is 0 Å². The van der Waals surface area contributed by atoms with Gasteiger partial charge >= 0.3 is 0 Å². The molecule has 1 N–H and O–H groups in total. The molecule has 3 heterocycles. The van der Waals surface area contributed by atoms with Gasteiger partial charge in [-0.25, -0.2) is 9.97 Å². The van der Waals surface area contributed by atoms with Crippen molar-refractivity contribution in [3.05, 3.63) is 18.5 Å². The predicted molar refractivity (Wildman–Crippen MR) is 76.3 cm³/mol. The van der Waals surface area contributed by atoms with Crippen LogP contribution in [0.15, 0.2) is 18.5 Å². The minimum atomic E-state index is 0.464. The summed E-state index contributed by atoms with van der Waals surface area (Å²) in [5, 5.41) is 3.48. The van der Waals surface area contributed by atoms with Crippen molar-refractivity contribution in [2.75, 3.05) is 50.7 Å². The summed E-state index contributed by atoms with van der Waals surface area (Å²) in [6, 6.07) is 1.87. The van der Waals surface area contributed by atoms with Gasteiger partial charge in [-0.05, 0) is 24.4 Å². The average Bonchev–Trinajstić information content (AvgIpc) is 2.87. The predicted octanol–water partition coefficient (Wildman–Crippen LogP) is 0.598. The van der Waals surface area contributed by atoms with E-state index in [2.05, 4.69) is 32.0 Å². The molecule has 0 spiro atoms. The lowest BCUT2D eigenvalue weighted by Crippen LogP contribution is -2.50. The molecule has 5 heteroatoms. The maximum Gasteiger partial charge on any atom is 0.225 e. The van der Waals surface area contributed by atoms with Crippen LogP contribution in [0.5, 0.6) is 0 Å². The van der Waals surface area contributed by atoms with Gasteiger partial charge in [0.15, 0.2) is 0 Å². The molecule has 2 aliphatic heterocycles. The van der Waals surface area contributed by atoms with Crippen LogP contribution < -0.4 is 10.2 Å². The smallest absolute Gasteiger partial charge is 0.225 e. The van der Waals surface area contributed by atoms with Crippen LogP contribution in [0.4, 0.5) is 5.95 Å². The van der Waals surface area contributed by atoms with Gasteiger partial charge < -0.3 is 10.2 Å². The minimum absolute atomic E-state index is 0.464. The first-order chi connectivity index (χ1) is 9.25. The Kier molecular flexibility index (Phi) is 3.66. The molecule has 5 nitrogen and oxygen atoms in total. The van der Waals surface area contributed by atoms with Gasteiger partial charge in [0.2, 0.25) is 5.95 Å². The quantitative estimate of drug-likeness (QED) is 0.863. The van der Waals surface area contributed by atoms with E-state index in [1.165, 1.54) is 19.5 Å². The first-order valence-corrected chi connectivity index (χ1v) is 7.20. The summed E-state index contributed by atoms with van der Waals surface area (Å²) in [5.41, 5.74) is 0.464. The maximum atomic E-state index is 4.33. The topological polar surface area (TPSA) is 44.3 Å². The molecule has 2 saturated heterocycles. The van der Waals surface area contributed by atoms with Gasteiger partial charge in [0.1, 0.15) is 0 Å². The van der Waals surface area contributed by atoms with Gasteiger partial charge in [0, 0.05) is 51.7 Å². The van der Waals surface area contributed by atoms with Crippen LogP contribution in [0.3, 0.4) is 0 Å². The van der Waals surface area contributed by atoms with Crippen molar-refractivity contribution in [2.24, 2.45) is 5.41 Å². The van der Waals surface area contributed by atoms with Gasteiger partial charge in [-0.3, -0.25) is 4.90 Å². The van der Waals surface area contributed by atoms with Crippen LogP contribution in [-0.4, -0.2) is 60.7 Å². The number of piperazine rings is 1. The van der Waals surface area contributed by atoms with E-state index in [1.807, 2.05) is 18.5 Å². The summed E-state index contributed by atoms with van der Waals surface area (Å²) in [5.74, 6) is 0.871. The molecule has 0 saturated carbocycles. The molecule has 3 rings (SSSR count). The molecule has 104 valence electrons. The number of hydrogen-bond acceptors (Lipinski definition) is 5. The van der Waals surface area contributed by atoms with Crippen LogP contribution >= 0.6 is 0 Å². The third-order valence-electron chi connectivity index (χ3n) is 4.27. The van der Waals surface area contributed by atoms with Crippen LogP contribution in [0.2, 0.25) is 0 Å². The van der Waals surface area contributed by atoms with E-state index in [9.17, 15) is 0 Å². The molecule has 2 fully saturated rings. The highest BCUT2D eigenvalue weighted by Crippen LogP contribution is 2.26. The van der Waals surface area contributed by atoms with Crippen molar-refractivity contribution in [1.82, 2.24) is 20.2 Å². The largest absolute Gasteiger partial charge is 0.338 e. The molecule has 1 atom stereocenters. The van der Waals surface area contributed by atoms with Gasteiger partial charge in [0.25, 0.3) is 0 Å². The van der Waals surface area contributed by atoms with E-state index in [0.717, 1.165) is 38.7 Å². The average molecular weight is 261 g/mol. The van der Waals surface area contributed by atoms with Crippen molar-refractivity contribution in [3.8, 4) is 0 Å².